The first kappa shape index (κ1) is 83.9. The summed E-state index contributed by atoms with van der Waals surface area (Å²) >= 11 is 0. The van der Waals surface area contributed by atoms with E-state index in [2.05, 4.69) is 111 Å². The van der Waals surface area contributed by atoms with Crippen molar-refractivity contribution in [2.24, 2.45) is 5.73 Å². The van der Waals surface area contributed by atoms with Crippen LogP contribution in [-0.4, -0.2) is 49.3 Å². The van der Waals surface area contributed by atoms with Gasteiger partial charge in [-0.2, -0.15) is 0 Å². The largest absolute Gasteiger partial charge is 0.472 e. The third-order valence-corrected chi connectivity index (χ3v) is 16.9. The molecule has 0 aliphatic carbocycles. The number of carbonyl (C=O) groups excluding carboxylic acids is 2. The summed E-state index contributed by atoms with van der Waals surface area (Å²) < 4.78 is 33.2. The van der Waals surface area contributed by atoms with E-state index in [4.69, 9.17) is 24.3 Å². The quantitative estimate of drug-likeness (QED) is 0.0264. The molecule has 0 aromatic rings. The molecular formula is C77H138NO8P. The second-order valence-corrected chi connectivity index (χ2v) is 25.9. The van der Waals surface area contributed by atoms with Crippen molar-refractivity contribution < 1.29 is 37.6 Å². The molecule has 3 N–H and O–H groups in total. The van der Waals surface area contributed by atoms with Gasteiger partial charge in [0.15, 0.2) is 6.10 Å². The Balaban J connectivity index is 3.82. The minimum absolute atomic E-state index is 0.0527. The van der Waals surface area contributed by atoms with E-state index < -0.39 is 26.5 Å². The summed E-state index contributed by atoms with van der Waals surface area (Å²) in [6, 6.07) is 0. The van der Waals surface area contributed by atoms with Gasteiger partial charge in [-0.1, -0.05) is 336 Å². The molecule has 0 aliphatic heterocycles. The van der Waals surface area contributed by atoms with Crippen LogP contribution in [0.15, 0.2) is 97.2 Å². The number of ether oxygens (including phenoxy) is 2. The van der Waals surface area contributed by atoms with Crippen LogP contribution in [0.25, 0.3) is 0 Å². The Bertz CT molecular complexity index is 1750. The Morgan fingerprint density at radius 1 is 0.356 bits per heavy atom. The molecule has 0 amide bonds. The van der Waals surface area contributed by atoms with Crippen molar-refractivity contribution in [3.63, 3.8) is 0 Å². The van der Waals surface area contributed by atoms with E-state index in [1.54, 1.807) is 0 Å². The van der Waals surface area contributed by atoms with Crippen LogP contribution in [0.1, 0.15) is 348 Å². The highest BCUT2D eigenvalue weighted by molar-refractivity contribution is 7.47. The molecular weight excluding hydrogens is 1100 g/mol. The predicted octanol–water partition coefficient (Wildman–Crippen LogP) is 24.3. The van der Waals surface area contributed by atoms with E-state index >= 15 is 0 Å². The van der Waals surface area contributed by atoms with Gasteiger partial charge in [0.1, 0.15) is 6.61 Å². The molecule has 87 heavy (non-hydrogen) atoms. The molecule has 10 heteroatoms. The number of hydrogen-bond acceptors (Lipinski definition) is 8. The Morgan fingerprint density at radius 3 is 0.943 bits per heavy atom. The monoisotopic (exact) mass is 1240 g/mol. The number of hydrogen-bond donors (Lipinski definition) is 2. The van der Waals surface area contributed by atoms with Gasteiger partial charge in [0.2, 0.25) is 0 Å². The highest BCUT2D eigenvalue weighted by Gasteiger charge is 2.26. The molecule has 2 atom stereocenters. The van der Waals surface area contributed by atoms with Gasteiger partial charge in [-0.05, 0) is 96.3 Å². The Morgan fingerprint density at radius 2 is 0.632 bits per heavy atom. The second-order valence-electron chi connectivity index (χ2n) is 24.4. The average Bonchev–Trinajstić information content (AvgIpc) is 3.64. The van der Waals surface area contributed by atoms with Crippen LogP contribution in [0.4, 0.5) is 0 Å². The van der Waals surface area contributed by atoms with Crippen LogP contribution in [0.3, 0.4) is 0 Å². The third kappa shape index (κ3) is 71.9. The fraction of sp³-hybridized carbons (Fsp3) is 0.766. The van der Waals surface area contributed by atoms with Crippen LogP contribution in [0, 0.1) is 0 Å². The highest BCUT2D eigenvalue weighted by atomic mass is 31.2. The van der Waals surface area contributed by atoms with Crippen LogP contribution in [0.2, 0.25) is 0 Å². The molecule has 0 heterocycles. The van der Waals surface area contributed by atoms with Gasteiger partial charge in [0.25, 0.3) is 0 Å². The number of phosphoric acid groups is 1. The van der Waals surface area contributed by atoms with Crippen LogP contribution in [0.5, 0.6) is 0 Å². The predicted molar refractivity (Wildman–Crippen MR) is 376 cm³/mol. The molecule has 0 saturated heterocycles. The molecule has 9 nitrogen and oxygen atoms in total. The first-order valence-electron chi connectivity index (χ1n) is 36.7. The Labute approximate surface area is 537 Å². The zero-order valence-electron chi connectivity index (χ0n) is 56.7. The lowest BCUT2D eigenvalue weighted by atomic mass is 10.0. The number of allylic oxidation sites excluding steroid dienone is 16. The number of unbranched alkanes of at least 4 members (excludes halogenated alkanes) is 40. The van der Waals surface area contributed by atoms with E-state index in [-0.39, 0.29) is 38.6 Å². The number of carbonyl (C=O) groups is 2. The normalized spacial score (nSPS) is 13.5. The van der Waals surface area contributed by atoms with Crippen molar-refractivity contribution in [2.75, 3.05) is 26.4 Å². The lowest BCUT2D eigenvalue weighted by molar-refractivity contribution is -0.161. The minimum Gasteiger partial charge on any atom is -0.462 e. The summed E-state index contributed by atoms with van der Waals surface area (Å²) in [5.41, 5.74) is 5.41. The van der Waals surface area contributed by atoms with Crippen molar-refractivity contribution >= 4 is 19.8 Å². The fourth-order valence-corrected chi connectivity index (χ4v) is 11.3. The number of rotatable bonds is 69. The molecule has 0 saturated carbocycles. The summed E-state index contributed by atoms with van der Waals surface area (Å²) in [6.45, 7) is 3.67. The van der Waals surface area contributed by atoms with E-state index in [0.717, 1.165) is 83.5 Å². The summed E-state index contributed by atoms with van der Waals surface area (Å²) in [5, 5.41) is 0. The van der Waals surface area contributed by atoms with Crippen molar-refractivity contribution in [2.45, 2.75) is 354 Å². The van der Waals surface area contributed by atoms with Gasteiger partial charge in [-0.15, -0.1) is 0 Å². The maximum atomic E-state index is 12.8. The molecule has 0 aromatic carbocycles. The number of esters is 2. The number of phosphoric ester groups is 1. The van der Waals surface area contributed by atoms with E-state index in [1.165, 1.54) is 231 Å². The molecule has 0 radical (unpaired) electrons. The van der Waals surface area contributed by atoms with Gasteiger partial charge in [0.05, 0.1) is 13.2 Å². The maximum Gasteiger partial charge on any atom is 0.472 e. The SMILES string of the molecule is CC/C=C\C/C=C\C/C=C\C/C=C\C/C=C\C/C=C\CCCCCCCCCCCCCCCCCCCCCCC(=O)OC(COC(=O)CCCCCCCCCCCCCCCCC/C=C\C/C=C\CCCCCCC)COP(=O)(O)OCCN. The Hall–Kier alpha value is -3.07. The van der Waals surface area contributed by atoms with E-state index in [1.807, 2.05) is 0 Å². The molecule has 0 aromatic heterocycles. The topological polar surface area (TPSA) is 134 Å². The standard InChI is InChI=1S/C77H138NO8P/c1-3-5-7-9-11-13-15-17-19-21-23-25-27-29-31-32-33-34-35-36-37-38-39-40-41-42-44-46-48-50-52-54-56-58-60-62-64-66-68-70-77(80)86-75(74-85-87(81,82)84-72-71-78)73-83-76(79)69-67-65-63-61-59-57-55-53-51-49-47-45-43-30-28-26-24-22-20-18-16-14-12-10-8-6-4-2/h5,7,11,13,16-19,22-25,29,31,33-34,75H,3-4,6,8-10,12,14-15,20-21,26-28,30,32,35-74,78H2,1-2H3,(H,81,82)/b7-5-,13-11-,18-16-,19-17-,24-22-,25-23-,31-29-,34-33-. The zero-order chi connectivity index (χ0) is 63.0. The van der Waals surface area contributed by atoms with Gasteiger partial charge < -0.3 is 20.1 Å². The van der Waals surface area contributed by atoms with Gasteiger partial charge in [0, 0.05) is 19.4 Å². The van der Waals surface area contributed by atoms with Crippen molar-refractivity contribution in [1.82, 2.24) is 0 Å². The summed E-state index contributed by atoms with van der Waals surface area (Å²) in [4.78, 5) is 35.4. The van der Waals surface area contributed by atoms with Gasteiger partial charge >= 0.3 is 19.8 Å². The van der Waals surface area contributed by atoms with Gasteiger partial charge in [-0.25, -0.2) is 4.57 Å². The summed E-state index contributed by atoms with van der Waals surface area (Å²) in [5.74, 6) is -0.813. The van der Waals surface area contributed by atoms with Crippen LogP contribution < -0.4 is 5.73 Å². The van der Waals surface area contributed by atoms with Crippen LogP contribution >= 0.6 is 7.82 Å². The molecule has 0 spiro atoms. The van der Waals surface area contributed by atoms with Crippen molar-refractivity contribution in [1.29, 1.82) is 0 Å². The first-order chi connectivity index (χ1) is 42.8. The van der Waals surface area contributed by atoms with Gasteiger partial charge in [-0.3, -0.25) is 18.6 Å². The van der Waals surface area contributed by atoms with E-state index in [0.29, 0.717) is 6.42 Å². The molecule has 0 rings (SSSR count). The number of nitrogens with two attached hydrogens (primary N) is 1. The zero-order valence-corrected chi connectivity index (χ0v) is 57.6. The Kier molecular flexibility index (Phi) is 69.5. The smallest absolute Gasteiger partial charge is 0.462 e. The first-order valence-corrected chi connectivity index (χ1v) is 38.2. The lowest BCUT2D eigenvalue weighted by Crippen LogP contribution is -2.29. The maximum absolute atomic E-state index is 12.8. The molecule has 0 aliphatic rings. The second kappa shape index (κ2) is 72.0. The average molecular weight is 1240 g/mol. The van der Waals surface area contributed by atoms with Crippen LogP contribution in [-0.2, 0) is 32.7 Å². The van der Waals surface area contributed by atoms with E-state index in [9.17, 15) is 19.0 Å². The summed E-state index contributed by atoms with van der Waals surface area (Å²) in [6.07, 6.45) is 98.0. The fourth-order valence-electron chi connectivity index (χ4n) is 10.6. The molecule has 0 bridgehead atoms. The molecule has 504 valence electrons. The minimum atomic E-state index is -4.40. The molecule has 0 fully saturated rings. The molecule has 2 unspecified atom stereocenters. The van der Waals surface area contributed by atoms with Crippen molar-refractivity contribution in [3.8, 4) is 0 Å². The lowest BCUT2D eigenvalue weighted by Gasteiger charge is -2.19. The highest BCUT2D eigenvalue weighted by Crippen LogP contribution is 2.43. The van der Waals surface area contributed by atoms with Crippen molar-refractivity contribution in [3.05, 3.63) is 97.2 Å². The third-order valence-electron chi connectivity index (χ3n) is 16.0. The summed E-state index contributed by atoms with van der Waals surface area (Å²) in [7, 11) is -4.40.